The van der Waals surface area contributed by atoms with Gasteiger partial charge in [-0.1, -0.05) is 24.0 Å². The molecule has 0 aliphatic heterocycles. The quantitative estimate of drug-likeness (QED) is 0.809. The second-order valence-corrected chi connectivity index (χ2v) is 5.12. The molecule has 0 bridgehead atoms. The molecule has 19 heavy (non-hydrogen) atoms. The lowest BCUT2D eigenvalue weighted by Crippen LogP contribution is -2.26. The van der Waals surface area contributed by atoms with Gasteiger partial charge >= 0.3 is 0 Å². The van der Waals surface area contributed by atoms with Crippen LogP contribution in [-0.2, 0) is 12.8 Å². The summed E-state index contributed by atoms with van der Waals surface area (Å²) in [6.07, 6.45) is 10.5. The van der Waals surface area contributed by atoms with E-state index in [0.717, 1.165) is 0 Å². The molecule has 0 heterocycles. The van der Waals surface area contributed by atoms with E-state index in [1.807, 2.05) is 0 Å². The van der Waals surface area contributed by atoms with Crippen molar-refractivity contribution in [3.63, 3.8) is 0 Å². The van der Waals surface area contributed by atoms with Crippen LogP contribution in [0.15, 0.2) is 18.2 Å². The van der Waals surface area contributed by atoms with E-state index in [-0.39, 0.29) is 12.8 Å². The zero-order valence-corrected chi connectivity index (χ0v) is 11.1. The van der Waals surface area contributed by atoms with Gasteiger partial charge in [-0.05, 0) is 31.0 Å². The van der Waals surface area contributed by atoms with Crippen LogP contribution in [0, 0.1) is 30.5 Å². The van der Waals surface area contributed by atoms with Crippen molar-refractivity contribution >= 4 is 0 Å². The molecule has 1 aromatic carbocycles. The van der Waals surface area contributed by atoms with Gasteiger partial charge in [-0.2, -0.15) is 0 Å². The first-order chi connectivity index (χ1) is 8.69. The molecule has 0 saturated heterocycles. The zero-order valence-electron chi connectivity index (χ0n) is 11.1. The summed E-state index contributed by atoms with van der Waals surface area (Å²) in [4.78, 5) is 0. The molecule has 100 valence electrons. The van der Waals surface area contributed by atoms with Gasteiger partial charge in [0.25, 0.3) is 0 Å². The third-order valence-corrected chi connectivity index (χ3v) is 2.82. The minimum absolute atomic E-state index is 0.0289. The Hall–Kier alpha value is -1.81. The van der Waals surface area contributed by atoms with Crippen LogP contribution in [0.5, 0.6) is 0 Å². The SMILES string of the molecule is C#CC(C)(O)Cc1ccc(CC(C)(O)C#C)c(F)c1. The fraction of sp³-hybridized carbons (Fsp3) is 0.375. The lowest BCUT2D eigenvalue weighted by Gasteiger charge is -2.19. The topological polar surface area (TPSA) is 40.5 Å². The van der Waals surface area contributed by atoms with Crippen molar-refractivity contribution in [3.8, 4) is 24.7 Å². The summed E-state index contributed by atoms with van der Waals surface area (Å²) >= 11 is 0. The Kier molecular flexibility index (Phi) is 4.37. The molecule has 0 aliphatic carbocycles. The highest BCUT2D eigenvalue weighted by molar-refractivity contribution is 5.29. The van der Waals surface area contributed by atoms with Gasteiger partial charge in [0.05, 0.1) is 0 Å². The maximum Gasteiger partial charge on any atom is 0.126 e. The van der Waals surface area contributed by atoms with Gasteiger partial charge in [0, 0.05) is 12.8 Å². The van der Waals surface area contributed by atoms with E-state index in [1.54, 1.807) is 12.1 Å². The standard InChI is InChI=1S/C16H17FO2/c1-5-15(3,18)10-12-7-8-13(14(17)9-12)11-16(4,19)6-2/h1-2,7-9,18-19H,10-11H2,3-4H3. The number of halogens is 1. The lowest BCUT2D eigenvalue weighted by atomic mass is 9.93. The third-order valence-electron chi connectivity index (χ3n) is 2.82. The van der Waals surface area contributed by atoms with E-state index in [1.165, 1.54) is 19.9 Å². The fourth-order valence-electron chi connectivity index (χ4n) is 1.71. The number of hydrogen-bond acceptors (Lipinski definition) is 2. The predicted octanol–water partition coefficient (Wildman–Crippen LogP) is 1.68. The summed E-state index contributed by atoms with van der Waals surface area (Å²) in [5.41, 5.74) is -1.78. The van der Waals surface area contributed by atoms with Gasteiger partial charge in [-0.15, -0.1) is 12.8 Å². The highest BCUT2D eigenvalue weighted by Gasteiger charge is 2.21. The molecule has 2 atom stereocenters. The van der Waals surface area contributed by atoms with Crippen LogP contribution in [0.2, 0.25) is 0 Å². The van der Waals surface area contributed by atoms with E-state index in [4.69, 9.17) is 12.8 Å². The molecular weight excluding hydrogens is 243 g/mol. The molecular formula is C16H17FO2. The van der Waals surface area contributed by atoms with E-state index in [0.29, 0.717) is 11.1 Å². The Balaban J connectivity index is 2.94. The van der Waals surface area contributed by atoms with Crippen LogP contribution in [-0.4, -0.2) is 21.4 Å². The highest BCUT2D eigenvalue weighted by Crippen LogP contribution is 2.19. The number of benzene rings is 1. The molecule has 2 unspecified atom stereocenters. The van der Waals surface area contributed by atoms with Crippen LogP contribution in [0.4, 0.5) is 4.39 Å². The van der Waals surface area contributed by atoms with Crippen LogP contribution >= 0.6 is 0 Å². The Morgan fingerprint density at radius 2 is 1.63 bits per heavy atom. The second kappa shape index (κ2) is 5.45. The lowest BCUT2D eigenvalue weighted by molar-refractivity contribution is 0.120. The number of aliphatic hydroxyl groups is 2. The second-order valence-electron chi connectivity index (χ2n) is 5.12. The van der Waals surface area contributed by atoms with Crippen LogP contribution in [0.1, 0.15) is 25.0 Å². The zero-order chi connectivity index (χ0) is 14.7. The Labute approximate surface area is 113 Å². The Bertz CT molecular complexity index is 545. The number of terminal acetylenes is 2. The first kappa shape index (κ1) is 15.2. The van der Waals surface area contributed by atoms with Crippen LogP contribution in [0.3, 0.4) is 0 Å². The average Bonchev–Trinajstić information content (AvgIpc) is 2.32. The third kappa shape index (κ3) is 4.41. The molecule has 0 saturated carbocycles. The molecule has 2 N–H and O–H groups in total. The van der Waals surface area contributed by atoms with E-state index in [2.05, 4.69) is 11.8 Å². The minimum Gasteiger partial charge on any atom is -0.378 e. The van der Waals surface area contributed by atoms with Crippen molar-refractivity contribution in [2.75, 3.05) is 0 Å². The number of rotatable bonds is 4. The molecule has 1 rings (SSSR count). The Morgan fingerprint density at radius 3 is 2.11 bits per heavy atom. The van der Waals surface area contributed by atoms with Crippen LogP contribution < -0.4 is 0 Å². The van der Waals surface area contributed by atoms with Crippen molar-refractivity contribution in [1.29, 1.82) is 0 Å². The highest BCUT2D eigenvalue weighted by atomic mass is 19.1. The summed E-state index contributed by atoms with van der Waals surface area (Å²) in [5.74, 6) is 3.97. The fourth-order valence-corrected chi connectivity index (χ4v) is 1.71. The minimum atomic E-state index is -1.38. The smallest absolute Gasteiger partial charge is 0.126 e. The van der Waals surface area contributed by atoms with Gasteiger partial charge in [0.1, 0.15) is 17.0 Å². The summed E-state index contributed by atoms with van der Waals surface area (Å²) in [7, 11) is 0. The normalized spacial score (nSPS) is 16.8. The van der Waals surface area contributed by atoms with E-state index in [9.17, 15) is 14.6 Å². The summed E-state index contributed by atoms with van der Waals surface area (Å²) in [5, 5.41) is 19.5. The first-order valence-electron chi connectivity index (χ1n) is 5.87. The summed E-state index contributed by atoms with van der Waals surface area (Å²) in [6.45, 7) is 2.94. The van der Waals surface area contributed by atoms with Gasteiger partial charge in [-0.25, -0.2) is 4.39 Å². The maximum absolute atomic E-state index is 13.9. The predicted molar refractivity (Wildman–Crippen MR) is 72.7 cm³/mol. The monoisotopic (exact) mass is 260 g/mol. The van der Waals surface area contributed by atoms with Crippen molar-refractivity contribution in [2.24, 2.45) is 0 Å². The molecule has 0 fully saturated rings. The van der Waals surface area contributed by atoms with E-state index >= 15 is 0 Å². The maximum atomic E-state index is 13.9. The molecule has 0 amide bonds. The molecule has 3 heteroatoms. The molecule has 0 radical (unpaired) electrons. The molecule has 2 nitrogen and oxygen atoms in total. The summed E-state index contributed by atoms with van der Waals surface area (Å²) < 4.78 is 13.9. The average molecular weight is 260 g/mol. The van der Waals surface area contributed by atoms with E-state index < -0.39 is 17.0 Å². The molecule has 0 spiro atoms. The van der Waals surface area contributed by atoms with Crippen molar-refractivity contribution in [2.45, 2.75) is 37.9 Å². The number of hydrogen-bond donors (Lipinski definition) is 2. The van der Waals surface area contributed by atoms with Crippen molar-refractivity contribution in [1.82, 2.24) is 0 Å². The molecule has 0 aliphatic rings. The first-order valence-corrected chi connectivity index (χ1v) is 5.87. The van der Waals surface area contributed by atoms with Crippen molar-refractivity contribution in [3.05, 3.63) is 35.1 Å². The van der Waals surface area contributed by atoms with Gasteiger partial charge < -0.3 is 10.2 Å². The Morgan fingerprint density at radius 1 is 1.11 bits per heavy atom. The van der Waals surface area contributed by atoms with Crippen LogP contribution in [0.25, 0.3) is 0 Å². The van der Waals surface area contributed by atoms with Gasteiger partial charge in [0.2, 0.25) is 0 Å². The van der Waals surface area contributed by atoms with Gasteiger partial charge in [-0.3, -0.25) is 0 Å². The molecule has 1 aromatic rings. The van der Waals surface area contributed by atoms with Gasteiger partial charge in [0.15, 0.2) is 0 Å². The van der Waals surface area contributed by atoms with Crippen molar-refractivity contribution < 1.29 is 14.6 Å². The molecule has 0 aromatic heterocycles. The summed E-state index contributed by atoms with van der Waals surface area (Å²) in [6, 6.07) is 4.51. The largest absolute Gasteiger partial charge is 0.378 e.